The number of hydrogen-bond donors (Lipinski definition) is 1. The Bertz CT molecular complexity index is 229. The molecular weight excluding hydrogens is 234 g/mol. The third-order valence-electron chi connectivity index (χ3n) is 4.48. The van der Waals surface area contributed by atoms with Crippen molar-refractivity contribution in [2.45, 2.75) is 66.4 Å². The van der Waals surface area contributed by atoms with E-state index in [-0.39, 0.29) is 0 Å². The van der Waals surface area contributed by atoms with Crippen LogP contribution in [0.2, 0.25) is 0 Å². The third kappa shape index (κ3) is 6.27. The molecule has 4 atom stereocenters. The Morgan fingerprint density at radius 3 is 2.58 bits per heavy atom. The normalized spacial score (nSPS) is 29.7. The summed E-state index contributed by atoms with van der Waals surface area (Å²) in [6.07, 6.45) is 5.71. The topological polar surface area (TPSA) is 21.3 Å². The van der Waals surface area contributed by atoms with Crippen LogP contribution in [0.4, 0.5) is 0 Å². The van der Waals surface area contributed by atoms with E-state index in [0.29, 0.717) is 12.0 Å². The van der Waals surface area contributed by atoms with Gasteiger partial charge in [-0.15, -0.1) is 0 Å². The fourth-order valence-electron chi connectivity index (χ4n) is 3.18. The van der Waals surface area contributed by atoms with Crippen LogP contribution in [0.5, 0.6) is 0 Å². The highest BCUT2D eigenvalue weighted by Gasteiger charge is 2.31. The van der Waals surface area contributed by atoms with Gasteiger partial charge in [-0.1, -0.05) is 41.0 Å². The van der Waals surface area contributed by atoms with Gasteiger partial charge in [0.05, 0.1) is 12.7 Å². The summed E-state index contributed by atoms with van der Waals surface area (Å²) in [5, 5.41) is 3.49. The smallest absolute Gasteiger partial charge is 0.0608 e. The highest BCUT2D eigenvalue weighted by Crippen LogP contribution is 2.35. The Morgan fingerprint density at radius 1 is 1.21 bits per heavy atom. The molecule has 2 nitrogen and oxygen atoms in total. The number of ether oxygens (including phenoxy) is 1. The standard InChI is InChI=1S/C17H35NO/c1-6-9-18-11-15(5)12-19-17-10-14(4)7-8-16(17)13(2)3/h13-18H,6-12H2,1-5H3. The summed E-state index contributed by atoms with van der Waals surface area (Å²) in [6, 6.07) is 0. The second-order valence-corrected chi connectivity index (χ2v) is 7.01. The van der Waals surface area contributed by atoms with Crippen molar-refractivity contribution in [3.8, 4) is 0 Å². The molecule has 0 bridgehead atoms. The summed E-state index contributed by atoms with van der Waals surface area (Å²) in [5.74, 6) is 2.99. The van der Waals surface area contributed by atoms with E-state index < -0.39 is 0 Å². The highest BCUT2D eigenvalue weighted by atomic mass is 16.5. The van der Waals surface area contributed by atoms with Gasteiger partial charge in [-0.3, -0.25) is 0 Å². The van der Waals surface area contributed by atoms with Gasteiger partial charge in [0.25, 0.3) is 0 Å². The quantitative estimate of drug-likeness (QED) is 0.670. The van der Waals surface area contributed by atoms with Crippen molar-refractivity contribution in [2.24, 2.45) is 23.7 Å². The minimum atomic E-state index is 0.498. The molecular formula is C17H35NO. The minimum absolute atomic E-state index is 0.498. The van der Waals surface area contributed by atoms with Gasteiger partial charge in [-0.2, -0.15) is 0 Å². The van der Waals surface area contributed by atoms with Crippen molar-refractivity contribution in [3.05, 3.63) is 0 Å². The molecule has 0 aromatic rings. The Labute approximate surface area is 120 Å². The van der Waals surface area contributed by atoms with Crippen LogP contribution < -0.4 is 5.32 Å². The monoisotopic (exact) mass is 269 g/mol. The largest absolute Gasteiger partial charge is 0.378 e. The predicted molar refractivity (Wildman–Crippen MR) is 83.4 cm³/mol. The molecule has 0 spiro atoms. The molecule has 2 heteroatoms. The first-order valence-electron chi connectivity index (χ1n) is 8.36. The molecule has 1 N–H and O–H groups in total. The molecule has 0 aliphatic heterocycles. The van der Waals surface area contributed by atoms with Gasteiger partial charge in [0.1, 0.15) is 0 Å². The molecule has 0 radical (unpaired) electrons. The molecule has 1 aliphatic rings. The first kappa shape index (κ1) is 17.0. The lowest BCUT2D eigenvalue weighted by Gasteiger charge is -2.37. The van der Waals surface area contributed by atoms with Crippen molar-refractivity contribution in [2.75, 3.05) is 19.7 Å². The maximum atomic E-state index is 6.28. The summed E-state index contributed by atoms with van der Waals surface area (Å²) in [6.45, 7) is 14.7. The molecule has 0 amide bonds. The Balaban J connectivity index is 2.31. The van der Waals surface area contributed by atoms with Crippen LogP contribution in [0.3, 0.4) is 0 Å². The molecule has 114 valence electrons. The van der Waals surface area contributed by atoms with E-state index >= 15 is 0 Å². The van der Waals surface area contributed by atoms with E-state index in [2.05, 4.69) is 39.9 Å². The average Bonchev–Trinajstić information content (AvgIpc) is 2.36. The number of rotatable bonds is 8. The lowest BCUT2D eigenvalue weighted by molar-refractivity contribution is -0.0492. The molecule has 4 unspecified atom stereocenters. The van der Waals surface area contributed by atoms with Gasteiger partial charge in [-0.25, -0.2) is 0 Å². The summed E-state index contributed by atoms with van der Waals surface area (Å²) in [7, 11) is 0. The summed E-state index contributed by atoms with van der Waals surface area (Å²) < 4.78 is 6.28. The Kier molecular flexibility index (Phi) is 8.01. The van der Waals surface area contributed by atoms with Gasteiger partial charge in [0, 0.05) is 0 Å². The maximum absolute atomic E-state index is 6.28. The van der Waals surface area contributed by atoms with Crippen molar-refractivity contribution in [1.82, 2.24) is 5.32 Å². The fourth-order valence-corrected chi connectivity index (χ4v) is 3.18. The number of nitrogens with one attached hydrogen (secondary N) is 1. The zero-order valence-corrected chi connectivity index (χ0v) is 13.7. The van der Waals surface area contributed by atoms with Crippen molar-refractivity contribution < 1.29 is 4.74 Å². The predicted octanol–water partition coefficient (Wildman–Crippen LogP) is 4.10. The third-order valence-corrected chi connectivity index (χ3v) is 4.48. The van der Waals surface area contributed by atoms with E-state index in [1.54, 1.807) is 0 Å². The van der Waals surface area contributed by atoms with Crippen molar-refractivity contribution in [3.63, 3.8) is 0 Å². The number of hydrogen-bond acceptors (Lipinski definition) is 2. The van der Waals surface area contributed by atoms with E-state index in [9.17, 15) is 0 Å². The lowest BCUT2D eigenvalue weighted by Crippen LogP contribution is -2.36. The summed E-state index contributed by atoms with van der Waals surface area (Å²) in [4.78, 5) is 0. The Morgan fingerprint density at radius 2 is 1.95 bits per heavy atom. The minimum Gasteiger partial charge on any atom is -0.378 e. The molecule has 1 fully saturated rings. The Hall–Kier alpha value is -0.0800. The molecule has 1 aliphatic carbocycles. The zero-order valence-electron chi connectivity index (χ0n) is 13.7. The van der Waals surface area contributed by atoms with E-state index in [1.807, 2.05) is 0 Å². The first-order valence-corrected chi connectivity index (χ1v) is 8.36. The average molecular weight is 269 g/mol. The second kappa shape index (κ2) is 8.97. The van der Waals surface area contributed by atoms with Crippen LogP contribution in [0, 0.1) is 23.7 Å². The van der Waals surface area contributed by atoms with Gasteiger partial charge in [0.2, 0.25) is 0 Å². The van der Waals surface area contributed by atoms with Crippen LogP contribution >= 0.6 is 0 Å². The van der Waals surface area contributed by atoms with Crippen LogP contribution in [-0.2, 0) is 4.74 Å². The highest BCUT2D eigenvalue weighted by molar-refractivity contribution is 4.81. The molecule has 0 aromatic carbocycles. The van der Waals surface area contributed by atoms with Crippen molar-refractivity contribution >= 4 is 0 Å². The summed E-state index contributed by atoms with van der Waals surface area (Å²) >= 11 is 0. The molecule has 0 saturated heterocycles. The lowest BCUT2D eigenvalue weighted by atomic mass is 9.75. The van der Waals surface area contributed by atoms with E-state index in [1.165, 1.54) is 25.7 Å². The molecule has 1 rings (SSSR count). The van der Waals surface area contributed by atoms with Crippen LogP contribution in [0.15, 0.2) is 0 Å². The first-order chi connectivity index (χ1) is 9.04. The van der Waals surface area contributed by atoms with Crippen molar-refractivity contribution in [1.29, 1.82) is 0 Å². The van der Waals surface area contributed by atoms with Gasteiger partial charge < -0.3 is 10.1 Å². The molecule has 19 heavy (non-hydrogen) atoms. The molecule has 0 heterocycles. The SMILES string of the molecule is CCCNCC(C)COC1CC(C)CCC1C(C)C. The van der Waals surface area contributed by atoms with Crippen LogP contribution in [0.1, 0.15) is 60.3 Å². The van der Waals surface area contributed by atoms with Gasteiger partial charge >= 0.3 is 0 Å². The summed E-state index contributed by atoms with van der Waals surface area (Å²) in [5.41, 5.74) is 0. The van der Waals surface area contributed by atoms with Crippen LogP contribution in [-0.4, -0.2) is 25.8 Å². The van der Waals surface area contributed by atoms with Gasteiger partial charge in [-0.05, 0) is 56.0 Å². The zero-order chi connectivity index (χ0) is 14.3. The molecule has 0 aromatic heterocycles. The van der Waals surface area contributed by atoms with Gasteiger partial charge in [0.15, 0.2) is 0 Å². The maximum Gasteiger partial charge on any atom is 0.0608 e. The van der Waals surface area contributed by atoms with E-state index in [0.717, 1.165) is 37.5 Å². The molecule has 1 saturated carbocycles. The van der Waals surface area contributed by atoms with E-state index in [4.69, 9.17) is 4.74 Å². The van der Waals surface area contributed by atoms with Crippen LogP contribution in [0.25, 0.3) is 0 Å². The fraction of sp³-hybridized carbons (Fsp3) is 1.00. The second-order valence-electron chi connectivity index (χ2n) is 7.01.